The summed E-state index contributed by atoms with van der Waals surface area (Å²) in [6, 6.07) is 7.40. The number of hydrogen-bond donors (Lipinski definition) is 1. The van der Waals surface area contributed by atoms with Crippen LogP contribution >= 0.6 is 0 Å². The molecule has 3 nitrogen and oxygen atoms in total. The Morgan fingerprint density at radius 1 is 1.10 bits per heavy atom. The van der Waals surface area contributed by atoms with Gasteiger partial charge in [0.2, 0.25) is 0 Å². The predicted molar refractivity (Wildman–Crippen MR) is 87.2 cm³/mol. The smallest absolute Gasteiger partial charge is 0.0654 e. The Kier molecular flexibility index (Phi) is 3.85. The van der Waals surface area contributed by atoms with Crippen LogP contribution in [0.1, 0.15) is 40.9 Å². The lowest BCUT2D eigenvalue weighted by molar-refractivity contribution is 0.679. The van der Waals surface area contributed by atoms with Gasteiger partial charge < -0.3 is 5.32 Å². The van der Waals surface area contributed by atoms with E-state index in [2.05, 4.69) is 55.9 Å². The van der Waals surface area contributed by atoms with E-state index in [1.54, 1.807) is 0 Å². The van der Waals surface area contributed by atoms with E-state index in [1.165, 1.54) is 40.9 Å². The Labute approximate surface area is 127 Å². The van der Waals surface area contributed by atoms with E-state index in [0.717, 1.165) is 24.7 Å². The number of benzene rings is 1. The van der Waals surface area contributed by atoms with Crippen LogP contribution in [-0.2, 0) is 6.42 Å². The molecule has 1 aliphatic carbocycles. The molecule has 0 atom stereocenters. The first-order valence-corrected chi connectivity index (χ1v) is 7.92. The Morgan fingerprint density at radius 2 is 1.76 bits per heavy atom. The quantitative estimate of drug-likeness (QED) is 0.911. The van der Waals surface area contributed by atoms with E-state index in [-0.39, 0.29) is 0 Å². The molecule has 0 amide bonds. The highest BCUT2D eigenvalue weighted by Gasteiger charge is 2.20. The molecule has 1 aromatic heterocycles. The predicted octanol–water partition coefficient (Wildman–Crippen LogP) is 3.40. The summed E-state index contributed by atoms with van der Waals surface area (Å²) < 4.78 is 2.10. The van der Waals surface area contributed by atoms with Crippen molar-refractivity contribution in [3.63, 3.8) is 0 Å². The lowest BCUT2D eigenvalue weighted by Crippen LogP contribution is -2.19. The molecule has 1 N–H and O–H groups in total. The summed E-state index contributed by atoms with van der Waals surface area (Å²) >= 11 is 0. The van der Waals surface area contributed by atoms with Crippen LogP contribution in [-0.4, -0.2) is 22.4 Å². The summed E-state index contributed by atoms with van der Waals surface area (Å²) in [5.41, 5.74) is 7.57. The van der Waals surface area contributed by atoms with Crippen LogP contribution in [0.3, 0.4) is 0 Å². The van der Waals surface area contributed by atoms with Crippen LogP contribution < -0.4 is 5.32 Å². The maximum absolute atomic E-state index is 4.76. The van der Waals surface area contributed by atoms with Crippen molar-refractivity contribution < 1.29 is 0 Å². The fourth-order valence-corrected chi connectivity index (χ4v) is 3.05. The number of rotatable bonds is 5. The van der Waals surface area contributed by atoms with Crippen molar-refractivity contribution in [3.8, 4) is 5.69 Å². The van der Waals surface area contributed by atoms with Gasteiger partial charge in [-0.15, -0.1) is 0 Å². The van der Waals surface area contributed by atoms with E-state index in [1.807, 2.05) is 0 Å². The molecule has 1 heterocycles. The van der Waals surface area contributed by atoms with Gasteiger partial charge in [-0.25, -0.2) is 4.68 Å². The van der Waals surface area contributed by atoms with E-state index < -0.39 is 0 Å². The molecule has 3 rings (SSSR count). The second kappa shape index (κ2) is 5.64. The molecule has 0 radical (unpaired) electrons. The third kappa shape index (κ3) is 3.18. The van der Waals surface area contributed by atoms with Crippen LogP contribution in [0.25, 0.3) is 5.69 Å². The van der Waals surface area contributed by atoms with Crippen molar-refractivity contribution in [2.75, 3.05) is 6.54 Å². The van der Waals surface area contributed by atoms with Crippen LogP contribution in [0.4, 0.5) is 0 Å². The van der Waals surface area contributed by atoms with Crippen LogP contribution in [0.5, 0.6) is 0 Å². The Bertz CT molecular complexity index is 630. The monoisotopic (exact) mass is 283 g/mol. The Balaban J connectivity index is 1.85. The minimum absolute atomic E-state index is 0.778. The number of aryl methyl sites for hydroxylation is 3. The number of nitrogens with zero attached hydrogens (tertiary/aromatic N) is 2. The van der Waals surface area contributed by atoms with Gasteiger partial charge in [0.15, 0.2) is 0 Å². The zero-order valence-electron chi connectivity index (χ0n) is 13.5. The van der Waals surface area contributed by atoms with Crippen molar-refractivity contribution in [2.45, 2.75) is 53.0 Å². The van der Waals surface area contributed by atoms with Crippen molar-refractivity contribution in [2.24, 2.45) is 0 Å². The molecule has 112 valence electrons. The van der Waals surface area contributed by atoms with Crippen LogP contribution in [0.15, 0.2) is 18.2 Å². The highest BCUT2D eigenvalue weighted by atomic mass is 15.3. The van der Waals surface area contributed by atoms with Gasteiger partial charge >= 0.3 is 0 Å². The summed E-state index contributed by atoms with van der Waals surface area (Å²) in [5, 5.41) is 8.35. The molecule has 3 heteroatoms. The van der Waals surface area contributed by atoms with Gasteiger partial charge in [0.1, 0.15) is 0 Å². The molecular weight excluding hydrogens is 258 g/mol. The average molecular weight is 283 g/mol. The fraction of sp³-hybridized carbons (Fsp3) is 0.500. The number of nitrogens with one attached hydrogen (secondary N) is 1. The minimum atomic E-state index is 0.778. The molecule has 0 unspecified atom stereocenters. The molecule has 0 aliphatic heterocycles. The van der Waals surface area contributed by atoms with Crippen LogP contribution in [0, 0.1) is 27.7 Å². The summed E-state index contributed by atoms with van der Waals surface area (Å²) in [6.07, 6.45) is 3.76. The van der Waals surface area contributed by atoms with Crippen molar-refractivity contribution in [1.82, 2.24) is 15.1 Å². The summed E-state index contributed by atoms with van der Waals surface area (Å²) in [6.45, 7) is 9.65. The molecule has 1 aromatic carbocycles. The molecule has 1 saturated carbocycles. The normalized spacial score (nSPS) is 14.7. The first-order valence-electron chi connectivity index (χ1n) is 7.92. The fourth-order valence-electron chi connectivity index (χ4n) is 3.05. The van der Waals surface area contributed by atoms with Gasteiger partial charge in [-0.3, -0.25) is 0 Å². The number of hydrogen-bond acceptors (Lipinski definition) is 2. The van der Waals surface area contributed by atoms with Crippen molar-refractivity contribution >= 4 is 0 Å². The SMILES string of the molecule is Cc1cc(C)cc(-n2nc(C)c(CCNC3CC3)c2C)c1. The largest absolute Gasteiger partial charge is 0.314 e. The van der Waals surface area contributed by atoms with Gasteiger partial charge in [-0.2, -0.15) is 5.10 Å². The maximum atomic E-state index is 4.76. The Morgan fingerprint density at radius 3 is 2.38 bits per heavy atom. The second-order valence-electron chi connectivity index (χ2n) is 6.39. The molecule has 0 saturated heterocycles. The van der Waals surface area contributed by atoms with E-state index >= 15 is 0 Å². The summed E-state index contributed by atoms with van der Waals surface area (Å²) in [4.78, 5) is 0. The lowest BCUT2D eigenvalue weighted by Gasteiger charge is -2.08. The van der Waals surface area contributed by atoms with E-state index in [9.17, 15) is 0 Å². The lowest BCUT2D eigenvalue weighted by atomic mass is 10.1. The summed E-state index contributed by atoms with van der Waals surface area (Å²) in [7, 11) is 0. The molecule has 1 fully saturated rings. The third-order valence-electron chi connectivity index (χ3n) is 4.28. The zero-order valence-corrected chi connectivity index (χ0v) is 13.5. The van der Waals surface area contributed by atoms with Gasteiger partial charge in [0, 0.05) is 11.7 Å². The minimum Gasteiger partial charge on any atom is -0.314 e. The topological polar surface area (TPSA) is 29.9 Å². The van der Waals surface area contributed by atoms with Crippen molar-refractivity contribution in [3.05, 3.63) is 46.3 Å². The zero-order chi connectivity index (χ0) is 15.0. The maximum Gasteiger partial charge on any atom is 0.0654 e. The highest BCUT2D eigenvalue weighted by molar-refractivity contribution is 5.42. The first-order chi connectivity index (χ1) is 10.0. The molecule has 1 aliphatic rings. The van der Waals surface area contributed by atoms with Gasteiger partial charge in [-0.1, -0.05) is 6.07 Å². The van der Waals surface area contributed by atoms with E-state index in [4.69, 9.17) is 5.10 Å². The molecule has 0 spiro atoms. The number of aromatic nitrogens is 2. The van der Waals surface area contributed by atoms with Crippen LogP contribution in [0.2, 0.25) is 0 Å². The first kappa shape index (κ1) is 14.3. The van der Waals surface area contributed by atoms with Gasteiger partial charge in [0.05, 0.1) is 11.4 Å². The van der Waals surface area contributed by atoms with Gasteiger partial charge in [-0.05, 0) is 82.3 Å². The standard InChI is InChI=1S/C18H25N3/c1-12-9-13(2)11-17(10-12)21-15(4)18(14(3)20-21)7-8-19-16-5-6-16/h9-11,16,19H,5-8H2,1-4H3. The van der Waals surface area contributed by atoms with Gasteiger partial charge in [0.25, 0.3) is 0 Å². The summed E-state index contributed by atoms with van der Waals surface area (Å²) in [5.74, 6) is 0. The highest BCUT2D eigenvalue weighted by Crippen LogP contribution is 2.21. The van der Waals surface area contributed by atoms with E-state index in [0.29, 0.717) is 0 Å². The average Bonchev–Trinajstić information content (AvgIpc) is 3.18. The second-order valence-corrected chi connectivity index (χ2v) is 6.39. The van der Waals surface area contributed by atoms with Crippen molar-refractivity contribution in [1.29, 1.82) is 0 Å². The Hall–Kier alpha value is -1.61. The molecular formula is C18H25N3. The molecule has 0 bridgehead atoms. The third-order valence-corrected chi connectivity index (χ3v) is 4.28. The molecule has 21 heavy (non-hydrogen) atoms. The molecule has 2 aromatic rings.